The van der Waals surface area contributed by atoms with Gasteiger partial charge in [0.05, 0.1) is 11.0 Å². The fourth-order valence-electron chi connectivity index (χ4n) is 1.43. The maximum Gasteiger partial charge on any atom is 0.153 e. The minimum Gasteiger partial charge on any atom is -0.314 e. The second kappa shape index (κ2) is 8.53. The molecule has 1 fully saturated rings. The number of sulfone groups is 1. The Balaban J connectivity index is 0. The molecule has 4 nitrogen and oxygen atoms in total. The van der Waals surface area contributed by atoms with Crippen molar-refractivity contribution in [1.82, 2.24) is 10.2 Å². The van der Waals surface area contributed by atoms with Gasteiger partial charge in [-0.2, -0.15) is 0 Å². The Bertz CT molecular complexity index is 265. The number of nitrogens with zero attached hydrogens (tertiary/aromatic N) is 1. The van der Waals surface area contributed by atoms with E-state index in [1.807, 2.05) is 0 Å². The number of halogens is 2. The quantitative estimate of drug-likeness (QED) is 0.823. The van der Waals surface area contributed by atoms with Gasteiger partial charge in [0.15, 0.2) is 9.84 Å². The summed E-state index contributed by atoms with van der Waals surface area (Å²) in [5.74, 6) is 0.296. The van der Waals surface area contributed by atoms with Crippen LogP contribution >= 0.6 is 24.8 Å². The highest BCUT2D eigenvalue weighted by Crippen LogP contribution is 2.02. The molecule has 0 bridgehead atoms. The summed E-state index contributed by atoms with van der Waals surface area (Å²) in [5.41, 5.74) is 0. The fourth-order valence-corrected chi connectivity index (χ4v) is 2.41. The Morgan fingerprint density at radius 3 is 2.12 bits per heavy atom. The van der Waals surface area contributed by atoms with Crippen LogP contribution in [0.5, 0.6) is 0 Å². The predicted molar refractivity (Wildman–Crippen MR) is 72.7 cm³/mol. The summed E-state index contributed by atoms with van der Waals surface area (Å²) in [5, 5.41) is 3.00. The lowest BCUT2D eigenvalue weighted by Gasteiger charge is -2.27. The summed E-state index contributed by atoms with van der Waals surface area (Å²) in [6, 6.07) is 0. The summed E-state index contributed by atoms with van der Waals surface area (Å²) < 4.78 is 23.1. The molecule has 1 aliphatic heterocycles. The molecule has 1 aliphatic rings. The first-order chi connectivity index (χ1) is 6.52. The van der Waals surface area contributed by atoms with Gasteiger partial charge in [-0.3, -0.25) is 4.90 Å². The monoisotopic (exact) mass is 292 g/mol. The highest BCUT2D eigenvalue weighted by atomic mass is 35.5. The summed E-state index contributed by atoms with van der Waals surface area (Å²) in [7, 11) is -2.86. The summed E-state index contributed by atoms with van der Waals surface area (Å²) in [6.07, 6.45) is 0. The third-order valence-corrected chi connectivity index (χ3v) is 4.81. The van der Waals surface area contributed by atoms with E-state index in [1.165, 1.54) is 0 Å². The van der Waals surface area contributed by atoms with Crippen molar-refractivity contribution >= 4 is 34.7 Å². The molecule has 0 radical (unpaired) electrons. The molecule has 0 amide bonds. The number of hydrogen-bond donors (Lipinski definition) is 1. The van der Waals surface area contributed by atoms with E-state index in [2.05, 4.69) is 10.2 Å². The van der Waals surface area contributed by atoms with Crippen LogP contribution in [0.15, 0.2) is 0 Å². The molecule has 0 spiro atoms. The molecule has 0 aromatic rings. The van der Waals surface area contributed by atoms with Gasteiger partial charge in [-0.25, -0.2) is 8.42 Å². The molecule has 100 valence electrons. The van der Waals surface area contributed by atoms with Crippen LogP contribution in [-0.2, 0) is 9.84 Å². The van der Waals surface area contributed by atoms with Gasteiger partial charge < -0.3 is 5.32 Å². The van der Waals surface area contributed by atoms with Crippen LogP contribution in [0, 0.1) is 0 Å². The normalized spacial score (nSPS) is 17.7. The van der Waals surface area contributed by atoms with Gasteiger partial charge in [0, 0.05) is 32.7 Å². The van der Waals surface area contributed by atoms with E-state index in [-0.39, 0.29) is 30.1 Å². The van der Waals surface area contributed by atoms with Crippen LogP contribution in [0.1, 0.15) is 13.8 Å². The molecule has 0 saturated carbocycles. The molecule has 1 heterocycles. The molecule has 0 aliphatic carbocycles. The van der Waals surface area contributed by atoms with E-state index in [4.69, 9.17) is 0 Å². The Hall–Kier alpha value is 0.450. The fraction of sp³-hybridized carbons (Fsp3) is 1.00. The molecular weight excluding hydrogens is 271 g/mol. The second-order valence-corrected chi connectivity index (χ2v) is 6.68. The molecule has 7 heteroatoms. The van der Waals surface area contributed by atoms with Gasteiger partial charge in [-0.15, -0.1) is 24.8 Å². The zero-order valence-corrected chi connectivity index (χ0v) is 12.3. The van der Waals surface area contributed by atoms with Crippen molar-refractivity contribution in [2.24, 2.45) is 0 Å². The SMILES string of the molecule is CC(C)S(=O)(=O)CCN1CCNCC1.Cl.Cl. The van der Waals surface area contributed by atoms with Crippen LogP contribution in [0.3, 0.4) is 0 Å². The molecule has 0 aromatic carbocycles. The van der Waals surface area contributed by atoms with Gasteiger partial charge in [-0.05, 0) is 13.8 Å². The third-order valence-electron chi connectivity index (χ3n) is 2.62. The third kappa shape index (κ3) is 6.25. The number of nitrogens with one attached hydrogen (secondary N) is 1. The Labute approximate surface area is 111 Å². The maximum atomic E-state index is 11.5. The van der Waals surface area contributed by atoms with Crippen LogP contribution in [0.25, 0.3) is 0 Å². The summed E-state index contributed by atoms with van der Waals surface area (Å²) in [6.45, 7) is 8.05. The van der Waals surface area contributed by atoms with Crippen LogP contribution in [0.2, 0.25) is 0 Å². The lowest BCUT2D eigenvalue weighted by molar-refractivity contribution is 0.253. The molecule has 16 heavy (non-hydrogen) atoms. The first-order valence-corrected chi connectivity index (χ1v) is 6.88. The number of hydrogen-bond acceptors (Lipinski definition) is 4. The summed E-state index contributed by atoms with van der Waals surface area (Å²) >= 11 is 0. The van der Waals surface area contributed by atoms with Crippen molar-refractivity contribution in [2.45, 2.75) is 19.1 Å². The lowest BCUT2D eigenvalue weighted by Crippen LogP contribution is -2.45. The molecule has 1 rings (SSSR count). The van der Waals surface area contributed by atoms with Crippen molar-refractivity contribution < 1.29 is 8.42 Å². The smallest absolute Gasteiger partial charge is 0.153 e. The highest BCUT2D eigenvalue weighted by molar-refractivity contribution is 7.92. The lowest BCUT2D eigenvalue weighted by atomic mass is 10.4. The van der Waals surface area contributed by atoms with Crippen molar-refractivity contribution in [2.75, 3.05) is 38.5 Å². The minimum atomic E-state index is -2.86. The van der Waals surface area contributed by atoms with Crippen LogP contribution in [-0.4, -0.2) is 57.0 Å². The number of piperazine rings is 1. The van der Waals surface area contributed by atoms with E-state index < -0.39 is 9.84 Å². The molecule has 0 aromatic heterocycles. The average Bonchev–Trinajstić information content (AvgIpc) is 2.16. The van der Waals surface area contributed by atoms with Gasteiger partial charge in [0.25, 0.3) is 0 Å². The van der Waals surface area contributed by atoms with Gasteiger partial charge in [0.1, 0.15) is 0 Å². The molecule has 0 unspecified atom stereocenters. The zero-order chi connectivity index (χ0) is 10.6. The van der Waals surface area contributed by atoms with E-state index in [0.717, 1.165) is 26.2 Å². The molecule has 1 N–H and O–H groups in total. The number of rotatable bonds is 4. The van der Waals surface area contributed by atoms with E-state index in [1.54, 1.807) is 13.8 Å². The Kier molecular flexibility index (Phi) is 10.0. The molecular formula is C9H22Cl2N2O2S. The maximum absolute atomic E-state index is 11.5. The topological polar surface area (TPSA) is 49.4 Å². The first kappa shape index (κ1) is 18.8. The molecule has 1 saturated heterocycles. The van der Waals surface area contributed by atoms with Crippen molar-refractivity contribution in [3.05, 3.63) is 0 Å². The summed E-state index contributed by atoms with van der Waals surface area (Å²) in [4.78, 5) is 2.20. The van der Waals surface area contributed by atoms with Crippen molar-refractivity contribution in [3.63, 3.8) is 0 Å². The van der Waals surface area contributed by atoms with E-state index in [0.29, 0.717) is 12.3 Å². The average molecular weight is 293 g/mol. The highest BCUT2D eigenvalue weighted by Gasteiger charge is 2.18. The minimum absolute atomic E-state index is 0. The first-order valence-electron chi connectivity index (χ1n) is 5.17. The van der Waals surface area contributed by atoms with E-state index in [9.17, 15) is 8.42 Å². The second-order valence-electron chi connectivity index (χ2n) is 4.01. The van der Waals surface area contributed by atoms with Gasteiger partial charge >= 0.3 is 0 Å². The van der Waals surface area contributed by atoms with Gasteiger partial charge in [0.2, 0.25) is 0 Å². The predicted octanol–water partition coefficient (Wildman–Crippen LogP) is 0.558. The van der Waals surface area contributed by atoms with Crippen LogP contribution < -0.4 is 5.32 Å². The largest absolute Gasteiger partial charge is 0.314 e. The standard InChI is InChI=1S/C9H20N2O2S.2ClH/c1-9(2)14(12,13)8-7-11-5-3-10-4-6-11;;/h9-10H,3-8H2,1-2H3;2*1H. The molecule has 0 atom stereocenters. The van der Waals surface area contributed by atoms with Crippen LogP contribution in [0.4, 0.5) is 0 Å². The zero-order valence-electron chi connectivity index (χ0n) is 9.81. The van der Waals surface area contributed by atoms with Gasteiger partial charge in [-0.1, -0.05) is 0 Å². The Morgan fingerprint density at radius 2 is 1.69 bits per heavy atom. The van der Waals surface area contributed by atoms with Crippen molar-refractivity contribution in [1.29, 1.82) is 0 Å². The van der Waals surface area contributed by atoms with Crippen molar-refractivity contribution in [3.8, 4) is 0 Å². The Morgan fingerprint density at radius 1 is 1.19 bits per heavy atom. The van der Waals surface area contributed by atoms with E-state index >= 15 is 0 Å².